The van der Waals surface area contributed by atoms with Gasteiger partial charge in [-0.3, -0.25) is 9.36 Å². The van der Waals surface area contributed by atoms with E-state index in [4.69, 9.17) is 23.2 Å². The van der Waals surface area contributed by atoms with Gasteiger partial charge < -0.3 is 0 Å². The molecule has 0 radical (unpaired) electrons. The molecule has 0 N–H and O–H groups in total. The Balaban J connectivity index is 2.24. The second-order valence-electron chi connectivity index (χ2n) is 4.26. The van der Waals surface area contributed by atoms with E-state index < -0.39 is 0 Å². The van der Waals surface area contributed by atoms with Gasteiger partial charge in [0, 0.05) is 0 Å². The Morgan fingerprint density at radius 3 is 2.50 bits per heavy atom. The zero-order valence-corrected chi connectivity index (χ0v) is 11.8. The van der Waals surface area contributed by atoms with Gasteiger partial charge in [0.2, 0.25) is 0 Å². The number of pyridine rings is 1. The van der Waals surface area contributed by atoms with E-state index in [0.717, 1.165) is 5.56 Å². The zero-order valence-electron chi connectivity index (χ0n) is 10.3. The molecule has 0 amide bonds. The third kappa shape index (κ3) is 2.40. The van der Waals surface area contributed by atoms with Crippen LogP contribution in [0.5, 0.6) is 0 Å². The molecule has 1 aromatic carbocycles. The number of hydrogen-bond acceptors (Lipinski definition) is 3. The van der Waals surface area contributed by atoms with E-state index in [1.165, 1.54) is 4.57 Å². The summed E-state index contributed by atoms with van der Waals surface area (Å²) < 4.78 is 1.48. The summed E-state index contributed by atoms with van der Waals surface area (Å²) in [6.45, 7) is 0.367. The van der Waals surface area contributed by atoms with Gasteiger partial charge >= 0.3 is 0 Å². The van der Waals surface area contributed by atoms with Crippen molar-refractivity contribution in [2.75, 3.05) is 0 Å². The van der Waals surface area contributed by atoms with E-state index in [1.807, 2.05) is 30.3 Å². The van der Waals surface area contributed by atoms with Crippen molar-refractivity contribution in [3.63, 3.8) is 0 Å². The molecule has 20 heavy (non-hydrogen) atoms. The van der Waals surface area contributed by atoms with Crippen molar-refractivity contribution >= 4 is 34.4 Å². The molecule has 0 saturated carbocycles. The van der Waals surface area contributed by atoms with Crippen molar-refractivity contribution in [2.45, 2.75) is 6.54 Å². The fourth-order valence-corrected chi connectivity index (χ4v) is 2.31. The average Bonchev–Trinajstić information content (AvgIpc) is 2.46. The minimum absolute atomic E-state index is 0.0717. The second-order valence-corrected chi connectivity index (χ2v) is 5.00. The van der Waals surface area contributed by atoms with Crippen LogP contribution < -0.4 is 5.56 Å². The molecule has 0 saturated heterocycles. The van der Waals surface area contributed by atoms with Gasteiger partial charge in [-0.25, -0.2) is 9.97 Å². The summed E-state index contributed by atoms with van der Waals surface area (Å²) in [6.07, 6.45) is 0. The first kappa shape index (κ1) is 13.1. The third-order valence-electron chi connectivity index (χ3n) is 2.90. The molecule has 0 fully saturated rings. The number of benzene rings is 1. The normalized spacial score (nSPS) is 10.9. The SMILES string of the molecule is O=c1c(Cl)nc2ccc(Cl)nc2n1Cc1ccccc1. The van der Waals surface area contributed by atoms with Crippen molar-refractivity contribution in [1.82, 2.24) is 14.5 Å². The van der Waals surface area contributed by atoms with Crippen LogP contribution in [-0.4, -0.2) is 14.5 Å². The standard InChI is InChI=1S/C14H9Cl2N3O/c15-11-7-6-10-13(18-11)19(14(20)12(16)17-10)8-9-4-2-1-3-5-9/h1-7H,8H2. The first-order valence-electron chi connectivity index (χ1n) is 5.91. The van der Waals surface area contributed by atoms with Crippen molar-refractivity contribution < 1.29 is 0 Å². The predicted molar refractivity (Wildman–Crippen MR) is 79.4 cm³/mol. The maximum atomic E-state index is 12.2. The van der Waals surface area contributed by atoms with Crippen molar-refractivity contribution in [3.8, 4) is 0 Å². The molecule has 3 aromatic rings. The van der Waals surface area contributed by atoms with Crippen LogP contribution >= 0.6 is 23.2 Å². The van der Waals surface area contributed by atoms with Crippen LogP contribution in [0.1, 0.15) is 5.56 Å². The highest BCUT2D eigenvalue weighted by molar-refractivity contribution is 6.30. The lowest BCUT2D eigenvalue weighted by Gasteiger charge is -2.09. The van der Waals surface area contributed by atoms with Gasteiger partial charge in [0.25, 0.3) is 5.56 Å². The maximum Gasteiger partial charge on any atom is 0.290 e. The summed E-state index contributed by atoms with van der Waals surface area (Å²) in [4.78, 5) is 20.4. The lowest BCUT2D eigenvalue weighted by atomic mass is 10.2. The molecule has 100 valence electrons. The smallest absolute Gasteiger partial charge is 0.284 e. The molecular weight excluding hydrogens is 297 g/mol. The van der Waals surface area contributed by atoms with Gasteiger partial charge in [-0.15, -0.1) is 0 Å². The van der Waals surface area contributed by atoms with E-state index >= 15 is 0 Å². The van der Waals surface area contributed by atoms with Crippen molar-refractivity contribution in [3.05, 3.63) is 68.7 Å². The monoisotopic (exact) mass is 305 g/mol. The summed E-state index contributed by atoms with van der Waals surface area (Å²) in [7, 11) is 0. The largest absolute Gasteiger partial charge is 0.290 e. The molecule has 3 rings (SSSR count). The highest BCUT2D eigenvalue weighted by atomic mass is 35.5. The Labute approximate surface area is 124 Å². The van der Waals surface area contributed by atoms with Crippen LogP contribution in [0, 0.1) is 0 Å². The summed E-state index contributed by atoms with van der Waals surface area (Å²) in [5.41, 5.74) is 1.56. The topological polar surface area (TPSA) is 47.8 Å². The number of rotatable bonds is 2. The predicted octanol–water partition coefficient (Wildman–Crippen LogP) is 3.15. The summed E-state index contributed by atoms with van der Waals surface area (Å²) in [5, 5.41) is 0.236. The number of aromatic nitrogens is 3. The summed E-state index contributed by atoms with van der Waals surface area (Å²) in [6, 6.07) is 12.9. The lowest BCUT2D eigenvalue weighted by Crippen LogP contribution is -2.23. The quantitative estimate of drug-likeness (QED) is 0.683. The number of nitrogens with zero attached hydrogens (tertiary/aromatic N) is 3. The minimum Gasteiger partial charge on any atom is -0.284 e. The first-order valence-corrected chi connectivity index (χ1v) is 6.67. The van der Waals surface area contributed by atoms with Crippen molar-refractivity contribution in [1.29, 1.82) is 0 Å². The highest BCUT2D eigenvalue weighted by Crippen LogP contribution is 2.15. The highest BCUT2D eigenvalue weighted by Gasteiger charge is 2.11. The Morgan fingerprint density at radius 1 is 1.00 bits per heavy atom. The van der Waals surface area contributed by atoms with E-state index in [2.05, 4.69) is 9.97 Å². The van der Waals surface area contributed by atoms with Gasteiger partial charge in [-0.2, -0.15) is 0 Å². The van der Waals surface area contributed by atoms with Crippen LogP contribution in [0.3, 0.4) is 0 Å². The molecule has 0 spiro atoms. The second kappa shape index (κ2) is 5.23. The van der Waals surface area contributed by atoms with Gasteiger partial charge in [0.15, 0.2) is 10.8 Å². The Bertz CT molecular complexity index is 831. The van der Waals surface area contributed by atoms with E-state index in [0.29, 0.717) is 22.9 Å². The first-order chi connectivity index (χ1) is 9.65. The van der Waals surface area contributed by atoms with Crippen LogP contribution in [-0.2, 0) is 6.54 Å². The number of hydrogen-bond donors (Lipinski definition) is 0. The average molecular weight is 306 g/mol. The fourth-order valence-electron chi connectivity index (χ4n) is 1.98. The van der Waals surface area contributed by atoms with E-state index in [1.54, 1.807) is 12.1 Å². The van der Waals surface area contributed by atoms with Crippen LogP contribution in [0.4, 0.5) is 0 Å². The molecule has 6 heteroatoms. The molecule has 0 aliphatic rings. The Kier molecular flexibility index (Phi) is 3.42. The molecular formula is C14H9Cl2N3O. The molecule has 4 nitrogen and oxygen atoms in total. The van der Waals surface area contributed by atoms with Gasteiger partial charge in [0.05, 0.1) is 6.54 Å². The minimum atomic E-state index is -0.377. The Morgan fingerprint density at radius 2 is 1.75 bits per heavy atom. The van der Waals surface area contributed by atoms with Crippen molar-refractivity contribution in [2.24, 2.45) is 0 Å². The zero-order chi connectivity index (χ0) is 14.1. The van der Waals surface area contributed by atoms with Crippen LogP contribution in [0.25, 0.3) is 11.2 Å². The van der Waals surface area contributed by atoms with E-state index in [9.17, 15) is 4.79 Å². The molecule has 0 atom stereocenters. The molecule has 0 aliphatic heterocycles. The maximum absolute atomic E-state index is 12.2. The Hall–Kier alpha value is -1.91. The summed E-state index contributed by atoms with van der Waals surface area (Å²) >= 11 is 11.8. The lowest BCUT2D eigenvalue weighted by molar-refractivity contribution is 0.775. The molecule has 2 aromatic heterocycles. The number of fused-ring (bicyclic) bond motifs is 1. The molecule has 0 unspecified atom stereocenters. The third-order valence-corrected chi connectivity index (χ3v) is 3.36. The molecule has 0 bridgehead atoms. The molecule has 2 heterocycles. The van der Waals surface area contributed by atoms with Gasteiger partial charge in [-0.1, -0.05) is 53.5 Å². The molecule has 0 aliphatic carbocycles. The van der Waals surface area contributed by atoms with Crippen LogP contribution in [0.15, 0.2) is 47.3 Å². The van der Waals surface area contributed by atoms with Gasteiger partial charge in [-0.05, 0) is 17.7 Å². The van der Waals surface area contributed by atoms with E-state index in [-0.39, 0.29) is 10.7 Å². The number of halogens is 2. The fraction of sp³-hybridized carbons (Fsp3) is 0.0714. The van der Waals surface area contributed by atoms with Gasteiger partial charge in [0.1, 0.15) is 10.7 Å². The summed E-state index contributed by atoms with van der Waals surface area (Å²) in [5.74, 6) is 0. The van der Waals surface area contributed by atoms with Crippen LogP contribution in [0.2, 0.25) is 10.3 Å².